The van der Waals surface area contributed by atoms with Crippen LogP contribution in [0.3, 0.4) is 0 Å². The van der Waals surface area contributed by atoms with Gasteiger partial charge in [-0.05, 0) is 44.7 Å². The molecule has 2 unspecified atom stereocenters. The number of hydrazone groups is 1. The third-order valence-corrected chi connectivity index (χ3v) is 9.05. The van der Waals surface area contributed by atoms with Crippen molar-refractivity contribution in [2.24, 2.45) is 11.0 Å². The summed E-state index contributed by atoms with van der Waals surface area (Å²) in [4.78, 5) is 30.6. The molecule has 1 aromatic carbocycles. The molecule has 1 aromatic rings. The first-order valence-corrected chi connectivity index (χ1v) is 15.3. The first kappa shape index (κ1) is 27.7. The Morgan fingerprint density at radius 2 is 1.65 bits per heavy atom. The number of thioether (sulfide) groups is 1. The fourth-order valence-electron chi connectivity index (χ4n) is 5.63. The van der Waals surface area contributed by atoms with E-state index in [0.717, 1.165) is 25.8 Å². The topological polar surface area (TPSA) is 62.2 Å². The van der Waals surface area contributed by atoms with E-state index in [1.54, 1.807) is 18.7 Å². The molecule has 2 aliphatic heterocycles. The van der Waals surface area contributed by atoms with E-state index in [-0.39, 0.29) is 23.6 Å². The summed E-state index contributed by atoms with van der Waals surface area (Å²) in [6, 6.07) is 9.39. The highest BCUT2D eigenvalue weighted by atomic mass is 32.2. The molecular weight excluding hydrogens is 482 g/mol. The Labute approximate surface area is 226 Å². The number of hydrogen-bond donors (Lipinski definition) is 0. The van der Waals surface area contributed by atoms with E-state index in [9.17, 15) is 9.59 Å². The summed E-state index contributed by atoms with van der Waals surface area (Å²) in [6.07, 6.45) is 16.3. The predicted octanol–water partition coefficient (Wildman–Crippen LogP) is 7.26. The van der Waals surface area contributed by atoms with E-state index in [4.69, 9.17) is 4.74 Å². The molecule has 202 valence electrons. The minimum Gasteiger partial charge on any atom is -0.461 e. The van der Waals surface area contributed by atoms with Crippen molar-refractivity contribution in [2.75, 3.05) is 18.2 Å². The summed E-state index contributed by atoms with van der Waals surface area (Å²) in [5.41, 5.74) is 2.31. The van der Waals surface area contributed by atoms with Crippen molar-refractivity contribution in [1.82, 2.24) is 4.90 Å². The molecule has 0 saturated carbocycles. The van der Waals surface area contributed by atoms with Gasteiger partial charge >= 0.3 is 5.97 Å². The Bertz CT molecular complexity index is 978. The SMILES string of the molecule is CCCCCCCCCCCCN1C2=C(CCC2)SC1C1C(=O)N(c2ccccc2)N=C1C(=O)OCC. The van der Waals surface area contributed by atoms with Crippen LogP contribution < -0.4 is 5.01 Å². The van der Waals surface area contributed by atoms with Gasteiger partial charge in [0.05, 0.1) is 17.7 Å². The van der Waals surface area contributed by atoms with Crippen molar-refractivity contribution in [1.29, 1.82) is 0 Å². The highest BCUT2D eigenvalue weighted by molar-refractivity contribution is 8.04. The second-order valence-corrected chi connectivity index (χ2v) is 11.5. The van der Waals surface area contributed by atoms with E-state index in [0.29, 0.717) is 5.69 Å². The number of amides is 1. The fraction of sp³-hybridized carbons (Fsp3) is 0.633. The summed E-state index contributed by atoms with van der Waals surface area (Å²) < 4.78 is 5.35. The van der Waals surface area contributed by atoms with E-state index in [2.05, 4.69) is 16.9 Å². The average molecular weight is 526 g/mol. The van der Waals surface area contributed by atoms with Gasteiger partial charge in [0, 0.05) is 17.1 Å². The van der Waals surface area contributed by atoms with E-state index in [1.807, 2.05) is 30.3 Å². The number of allylic oxidation sites excluding steroid dienone is 2. The van der Waals surface area contributed by atoms with Crippen LogP contribution in [0.15, 0.2) is 46.0 Å². The summed E-state index contributed by atoms with van der Waals surface area (Å²) >= 11 is 1.78. The van der Waals surface area contributed by atoms with Gasteiger partial charge in [0.15, 0.2) is 5.71 Å². The van der Waals surface area contributed by atoms with Crippen molar-refractivity contribution < 1.29 is 14.3 Å². The summed E-state index contributed by atoms with van der Waals surface area (Å²) in [5, 5.41) is 5.81. The van der Waals surface area contributed by atoms with Crippen molar-refractivity contribution in [3.8, 4) is 0 Å². The molecule has 2 atom stereocenters. The lowest BCUT2D eigenvalue weighted by molar-refractivity contribution is -0.136. The maximum absolute atomic E-state index is 13.8. The van der Waals surface area contributed by atoms with Crippen LogP contribution in [0.1, 0.15) is 97.3 Å². The van der Waals surface area contributed by atoms with Gasteiger partial charge in [-0.3, -0.25) is 4.79 Å². The lowest BCUT2D eigenvalue weighted by Crippen LogP contribution is -2.44. The molecule has 3 aliphatic rings. The normalized spacial score (nSPS) is 21.1. The van der Waals surface area contributed by atoms with Crippen molar-refractivity contribution in [3.05, 3.63) is 40.9 Å². The molecule has 6 nitrogen and oxygen atoms in total. The zero-order valence-electron chi connectivity index (χ0n) is 22.6. The predicted molar refractivity (Wildman–Crippen MR) is 152 cm³/mol. The number of unbranched alkanes of at least 4 members (excludes halogenated alkanes) is 9. The van der Waals surface area contributed by atoms with Crippen molar-refractivity contribution in [2.45, 2.75) is 103 Å². The van der Waals surface area contributed by atoms with Crippen LogP contribution in [-0.2, 0) is 14.3 Å². The van der Waals surface area contributed by atoms with Gasteiger partial charge in [0.25, 0.3) is 5.91 Å². The smallest absolute Gasteiger partial charge is 0.355 e. The number of carbonyl (C=O) groups is 2. The number of anilines is 1. The van der Waals surface area contributed by atoms with Crippen molar-refractivity contribution in [3.63, 3.8) is 0 Å². The van der Waals surface area contributed by atoms with Gasteiger partial charge in [-0.25, -0.2) is 4.79 Å². The molecule has 4 rings (SSSR count). The van der Waals surface area contributed by atoms with E-state index < -0.39 is 11.9 Å². The number of rotatable bonds is 15. The van der Waals surface area contributed by atoms with Gasteiger partial charge in [0.2, 0.25) is 0 Å². The summed E-state index contributed by atoms with van der Waals surface area (Å²) in [5.74, 6) is -1.25. The van der Waals surface area contributed by atoms with Crippen LogP contribution in [0, 0.1) is 5.92 Å². The van der Waals surface area contributed by atoms with Crippen LogP contribution in [0.25, 0.3) is 0 Å². The lowest BCUT2D eigenvalue weighted by Gasteiger charge is -2.32. The highest BCUT2D eigenvalue weighted by Crippen LogP contribution is 2.50. The van der Waals surface area contributed by atoms with Crippen LogP contribution >= 0.6 is 11.8 Å². The first-order chi connectivity index (χ1) is 18.2. The Kier molecular flexibility index (Phi) is 10.5. The summed E-state index contributed by atoms with van der Waals surface area (Å²) in [7, 11) is 0. The number of para-hydroxylation sites is 1. The number of esters is 1. The van der Waals surface area contributed by atoms with Crippen LogP contribution in [0.2, 0.25) is 0 Å². The van der Waals surface area contributed by atoms with Gasteiger partial charge in [-0.2, -0.15) is 10.1 Å². The van der Waals surface area contributed by atoms with Crippen LogP contribution in [0.5, 0.6) is 0 Å². The number of hydrogen-bond acceptors (Lipinski definition) is 6. The zero-order valence-corrected chi connectivity index (χ0v) is 23.4. The van der Waals surface area contributed by atoms with Gasteiger partial charge < -0.3 is 9.64 Å². The number of nitrogens with zero attached hydrogens (tertiary/aromatic N) is 3. The largest absolute Gasteiger partial charge is 0.461 e. The Morgan fingerprint density at radius 1 is 0.973 bits per heavy atom. The van der Waals surface area contributed by atoms with E-state index in [1.165, 1.54) is 79.8 Å². The van der Waals surface area contributed by atoms with E-state index >= 15 is 0 Å². The molecule has 0 spiro atoms. The standard InChI is InChI=1S/C30H43N3O3S/c1-3-5-6-7-8-9-10-11-12-16-22-32-24-20-17-21-25(24)37-29(32)26-27(30(35)36-4-2)31-33(28(26)34)23-18-14-13-15-19-23/h13-15,18-19,26,29H,3-12,16-17,20-22H2,1-2H3. The second kappa shape index (κ2) is 14.0. The number of ether oxygens (including phenoxy) is 1. The number of carbonyl (C=O) groups excluding carboxylic acids is 2. The molecule has 0 saturated heterocycles. The molecular formula is C30H43N3O3S. The lowest BCUT2D eigenvalue weighted by atomic mass is 10.0. The van der Waals surface area contributed by atoms with Gasteiger partial charge in [-0.15, -0.1) is 11.8 Å². The minimum atomic E-state index is -0.627. The summed E-state index contributed by atoms with van der Waals surface area (Å²) in [6.45, 7) is 5.24. The third-order valence-electron chi connectivity index (χ3n) is 7.56. The maximum atomic E-state index is 13.8. The number of benzene rings is 1. The molecule has 0 N–H and O–H groups in total. The van der Waals surface area contributed by atoms with Crippen LogP contribution in [-0.4, -0.2) is 41.0 Å². The molecule has 1 amide bonds. The second-order valence-electron chi connectivity index (χ2n) is 10.3. The highest BCUT2D eigenvalue weighted by Gasteiger charge is 2.51. The molecule has 0 fully saturated rings. The molecule has 2 heterocycles. The molecule has 0 radical (unpaired) electrons. The average Bonchev–Trinajstić information content (AvgIpc) is 3.59. The fourth-order valence-corrected chi connectivity index (χ4v) is 7.28. The Morgan fingerprint density at radius 3 is 2.32 bits per heavy atom. The molecule has 0 aromatic heterocycles. The monoisotopic (exact) mass is 525 g/mol. The third kappa shape index (κ3) is 6.78. The van der Waals surface area contributed by atoms with Crippen LogP contribution in [0.4, 0.5) is 5.69 Å². The first-order valence-electron chi connectivity index (χ1n) is 14.5. The molecule has 1 aliphatic carbocycles. The van der Waals surface area contributed by atoms with Gasteiger partial charge in [-0.1, -0.05) is 82.9 Å². The maximum Gasteiger partial charge on any atom is 0.355 e. The Hall–Kier alpha value is -2.28. The molecule has 37 heavy (non-hydrogen) atoms. The minimum absolute atomic E-state index is 0.131. The quantitative estimate of drug-likeness (QED) is 0.178. The molecule has 0 bridgehead atoms. The Balaban J connectivity index is 1.40. The molecule has 7 heteroatoms. The van der Waals surface area contributed by atoms with Crippen molar-refractivity contribution >= 4 is 35.0 Å². The van der Waals surface area contributed by atoms with Gasteiger partial charge in [0.1, 0.15) is 5.92 Å². The zero-order chi connectivity index (χ0) is 26.0.